The van der Waals surface area contributed by atoms with E-state index in [1.54, 1.807) is 12.1 Å². The molecule has 0 aromatic heterocycles. The number of piperazine rings is 1. The SMILES string of the molecule is CC1CN(S(=O)(=O)c2cc(C(C)C)ccc2Cl)CCN1. The fraction of sp³-hybridized carbons (Fsp3) is 0.571. The molecule has 1 aromatic rings. The molecule has 1 fully saturated rings. The van der Waals surface area contributed by atoms with Crippen LogP contribution in [-0.2, 0) is 10.0 Å². The second-order valence-corrected chi connectivity index (χ2v) is 7.88. The highest BCUT2D eigenvalue weighted by Crippen LogP contribution is 2.28. The Hall–Kier alpha value is -0.620. The summed E-state index contributed by atoms with van der Waals surface area (Å²) in [7, 11) is -3.52. The monoisotopic (exact) mass is 316 g/mol. The third-order valence-corrected chi connectivity index (χ3v) is 5.92. The largest absolute Gasteiger partial charge is 0.312 e. The number of sulfonamides is 1. The van der Waals surface area contributed by atoms with Crippen LogP contribution < -0.4 is 5.32 Å². The van der Waals surface area contributed by atoms with Gasteiger partial charge in [-0.1, -0.05) is 31.5 Å². The van der Waals surface area contributed by atoms with Crippen LogP contribution in [0.5, 0.6) is 0 Å². The maximum atomic E-state index is 12.7. The maximum Gasteiger partial charge on any atom is 0.244 e. The van der Waals surface area contributed by atoms with Crippen LogP contribution in [0.4, 0.5) is 0 Å². The highest BCUT2D eigenvalue weighted by atomic mass is 35.5. The van der Waals surface area contributed by atoms with Crippen LogP contribution in [-0.4, -0.2) is 38.4 Å². The lowest BCUT2D eigenvalue weighted by molar-refractivity contribution is 0.310. The molecule has 0 saturated carbocycles. The highest BCUT2D eigenvalue weighted by molar-refractivity contribution is 7.89. The van der Waals surface area contributed by atoms with Gasteiger partial charge in [-0.25, -0.2) is 8.42 Å². The van der Waals surface area contributed by atoms with E-state index in [-0.39, 0.29) is 16.9 Å². The van der Waals surface area contributed by atoms with Gasteiger partial charge in [0.05, 0.1) is 5.02 Å². The second kappa shape index (κ2) is 6.02. The highest BCUT2D eigenvalue weighted by Gasteiger charge is 2.30. The lowest BCUT2D eigenvalue weighted by Crippen LogP contribution is -2.51. The molecule has 6 heteroatoms. The van der Waals surface area contributed by atoms with E-state index in [0.29, 0.717) is 24.7 Å². The van der Waals surface area contributed by atoms with Gasteiger partial charge in [-0.2, -0.15) is 4.31 Å². The number of hydrogen-bond acceptors (Lipinski definition) is 3. The molecule has 0 amide bonds. The molecule has 0 spiro atoms. The molecule has 20 heavy (non-hydrogen) atoms. The van der Waals surface area contributed by atoms with Crippen LogP contribution >= 0.6 is 11.6 Å². The van der Waals surface area contributed by atoms with Crippen LogP contribution in [0.25, 0.3) is 0 Å². The van der Waals surface area contributed by atoms with Crippen LogP contribution in [0.2, 0.25) is 5.02 Å². The quantitative estimate of drug-likeness (QED) is 0.932. The van der Waals surface area contributed by atoms with E-state index in [1.165, 1.54) is 4.31 Å². The van der Waals surface area contributed by atoms with Crippen LogP contribution in [0.3, 0.4) is 0 Å². The molecule has 1 saturated heterocycles. The summed E-state index contributed by atoms with van der Waals surface area (Å²) in [5.74, 6) is 0.267. The Balaban J connectivity index is 2.40. The molecule has 0 aliphatic carbocycles. The fourth-order valence-electron chi connectivity index (χ4n) is 2.33. The van der Waals surface area contributed by atoms with Gasteiger partial charge in [-0.05, 0) is 30.5 Å². The van der Waals surface area contributed by atoms with E-state index in [9.17, 15) is 8.42 Å². The lowest BCUT2D eigenvalue weighted by Gasteiger charge is -2.31. The Bertz CT molecular complexity index is 587. The minimum Gasteiger partial charge on any atom is -0.312 e. The number of hydrogen-bond donors (Lipinski definition) is 1. The van der Waals surface area contributed by atoms with E-state index in [4.69, 9.17) is 11.6 Å². The number of rotatable bonds is 3. The molecule has 1 heterocycles. The van der Waals surface area contributed by atoms with Gasteiger partial charge in [-0.15, -0.1) is 0 Å². The smallest absolute Gasteiger partial charge is 0.244 e. The predicted octanol–water partition coefficient (Wildman–Crippen LogP) is 2.45. The normalized spacial score (nSPS) is 21.4. The van der Waals surface area contributed by atoms with Crippen LogP contribution in [0, 0.1) is 0 Å². The van der Waals surface area contributed by atoms with Crippen molar-refractivity contribution >= 4 is 21.6 Å². The molecular formula is C14H21ClN2O2S. The molecule has 0 radical (unpaired) electrons. The van der Waals surface area contributed by atoms with Crippen molar-refractivity contribution in [3.05, 3.63) is 28.8 Å². The topological polar surface area (TPSA) is 49.4 Å². The fourth-order valence-corrected chi connectivity index (χ4v) is 4.37. The van der Waals surface area contributed by atoms with Crippen molar-refractivity contribution in [1.82, 2.24) is 9.62 Å². The summed E-state index contributed by atoms with van der Waals surface area (Å²) in [4.78, 5) is 0.222. The van der Waals surface area contributed by atoms with Crippen molar-refractivity contribution in [2.45, 2.75) is 37.6 Å². The number of nitrogens with zero attached hydrogens (tertiary/aromatic N) is 1. The second-order valence-electron chi connectivity index (χ2n) is 5.56. The van der Waals surface area contributed by atoms with Crippen LogP contribution in [0.15, 0.2) is 23.1 Å². The average molecular weight is 317 g/mol. The van der Waals surface area contributed by atoms with E-state index in [2.05, 4.69) is 5.32 Å². The third kappa shape index (κ3) is 3.17. The molecule has 2 rings (SSSR count). The van der Waals surface area contributed by atoms with Crippen molar-refractivity contribution in [2.24, 2.45) is 0 Å². The van der Waals surface area contributed by atoms with Gasteiger partial charge in [0, 0.05) is 25.7 Å². The zero-order valence-corrected chi connectivity index (χ0v) is 13.6. The van der Waals surface area contributed by atoms with E-state index < -0.39 is 10.0 Å². The van der Waals surface area contributed by atoms with Gasteiger partial charge in [0.2, 0.25) is 10.0 Å². The van der Waals surface area contributed by atoms with Gasteiger partial charge in [-0.3, -0.25) is 0 Å². The van der Waals surface area contributed by atoms with Crippen molar-refractivity contribution in [1.29, 1.82) is 0 Å². The minimum atomic E-state index is -3.52. The van der Waals surface area contributed by atoms with Crippen molar-refractivity contribution < 1.29 is 8.42 Å². The van der Waals surface area contributed by atoms with E-state index >= 15 is 0 Å². The molecule has 0 bridgehead atoms. The standard InChI is InChI=1S/C14H21ClN2O2S/c1-10(2)12-4-5-13(15)14(8-12)20(18,19)17-7-6-16-11(3)9-17/h4-5,8,10-11,16H,6-7,9H2,1-3H3. The molecular weight excluding hydrogens is 296 g/mol. The zero-order chi connectivity index (χ0) is 14.9. The Morgan fingerprint density at radius 2 is 2.10 bits per heavy atom. The summed E-state index contributed by atoms with van der Waals surface area (Å²) >= 11 is 6.12. The predicted molar refractivity (Wildman–Crippen MR) is 81.8 cm³/mol. The Labute approximate surface area is 126 Å². The Morgan fingerprint density at radius 1 is 1.40 bits per heavy atom. The number of benzene rings is 1. The first kappa shape index (κ1) is 15.8. The zero-order valence-electron chi connectivity index (χ0n) is 12.1. The van der Waals surface area contributed by atoms with Gasteiger partial charge in [0.1, 0.15) is 4.90 Å². The Morgan fingerprint density at radius 3 is 2.70 bits per heavy atom. The molecule has 1 unspecified atom stereocenters. The van der Waals surface area contributed by atoms with Gasteiger partial charge >= 0.3 is 0 Å². The molecule has 1 atom stereocenters. The third-order valence-electron chi connectivity index (χ3n) is 3.57. The van der Waals surface area contributed by atoms with Gasteiger partial charge in [0.15, 0.2) is 0 Å². The molecule has 1 aliphatic heterocycles. The lowest BCUT2D eigenvalue weighted by atomic mass is 10.0. The van der Waals surface area contributed by atoms with Gasteiger partial charge in [0.25, 0.3) is 0 Å². The molecule has 4 nitrogen and oxygen atoms in total. The summed E-state index contributed by atoms with van der Waals surface area (Å²) in [6.45, 7) is 7.67. The Kier molecular flexibility index (Phi) is 4.74. The first-order valence-corrected chi connectivity index (χ1v) is 8.67. The first-order chi connectivity index (χ1) is 9.32. The summed E-state index contributed by atoms with van der Waals surface area (Å²) in [5.41, 5.74) is 0.983. The summed E-state index contributed by atoms with van der Waals surface area (Å²) in [6.07, 6.45) is 0. The molecule has 112 valence electrons. The van der Waals surface area contributed by atoms with Crippen molar-refractivity contribution in [3.63, 3.8) is 0 Å². The van der Waals surface area contributed by atoms with Gasteiger partial charge < -0.3 is 5.32 Å². The van der Waals surface area contributed by atoms with Crippen molar-refractivity contribution in [3.8, 4) is 0 Å². The van der Waals surface area contributed by atoms with Crippen LogP contribution in [0.1, 0.15) is 32.3 Å². The molecule has 1 aliphatic rings. The minimum absolute atomic E-state index is 0.158. The summed E-state index contributed by atoms with van der Waals surface area (Å²) in [5, 5.41) is 3.53. The van der Waals surface area contributed by atoms with E-state index in [1.807, 2.05) is 26.8 Å². The van der Waals surface area contributed by atoms with Crippen molar-refractivity contribution in [2.75, 3.05) is 19.6 Å². The maximum absolute atomic E-state index is 12.7. The van der Waals surface area contributed by atoms with E-state index in [0.717, 1.165) is 5.56 Å². The average Bonchev–Trinajstić information content (AvgIpc) is 2.38. The summed E-state index contributed by atoms with van der Waals surface area (Å²) in [6, 6.07) is 5.42. The first-order valence-electron chi connectivity index (χ1n) is 6.85. The summed E-state index contributed by atoms with van der Waals surface area (Å²) < 4.78 is 27.0. The number of nitrogens with one attached hydrogen (secondary N) is 1. The number of halogens is 1. The molecule has 1 N–H and O–H groups in total. The molecule has 1 aromatic carbocycles.